The first-order valence-corrected chi connectivity index (χ1v) is 5.13. The Hall–Kier alpha value is -2.43. The van der Waals surface area contributed by atoms with Gasteiger partial charge in [-0.2, -0.15) is 0 Å². The van der Waals surface area contributed by atoms with Crippen molar-refractivity contribution in [3.05, 3.63) is 48.0 Å². The third-order valence-corrected chi connectivity index (χ3v) is 2.43. The minimum atomic E-state index is -1.17. The number of rotatable bonds is 3. The zero-order valence-electron chi connectivity index (χ0n) is 9.55. The summed E-state index contributed by atoms with van der Waals surface area (Å²) in [7, 11) is 1.50. The van der Waals surface area contributed by atoms with Crippen molar-refractivity contribution in [3.63, 3.8) is 0 Å². The van der Waals surface area contributed by atoms with E-state index in [1.807, 2.05) is 0 Å². The van der Waals surface area contributed by atoms with Gasteiger partial charge in [-0.25, -0.2) is 9.18 Å². The number of carboxylic acids is 1. The van der Waals surface area contributed by atoms with Crippen molar-refractivity contribution >= 4 is 5.97 Å². The zero-order valence-corrected chi connectivity index (χ0v) is 9.55. The molecule has 0 spiro atoms. The van der Waals surface area contributed by atoms with Crippen LogP contribution < -0.4 is 4.74 Å². The molecule has 0 atom stereocenters. The van der Waals surface area contributed by atoms with E-state index in [-0.39, 0.29) is 5.56 Å². The van der Waals surface area contributed by atoms with Gasteiger partial charge in [0.05, 0.1) is 18.9 Å². The second kappa shape index (κ2) is 4.83. The standard InChI is InChI=1S/C13H10FNO3/c1-18-12-5-10(6-15-7-12)8-2-9(13(16)17)4-11(14)3-8/h2-7H,1H3,(H,16,17). The number of hydrogen-bond acceptors (Lipinski definition) is 3. The molecular weight excluding hydrogens is 237 g/mol. The molecule has 1 heterocycles. The van der Waals surface area contributed by atoms with Gasteiger partial charge in [0, 0.05) is 11.8 Å². The van der Waals surface area contributed by atoms with Crippen molar-refractivity contribution in [1.29, 1.82) is 0 Å². The number of halogens is 1. The number of ether oxygens (including phenoxy) is 1. The minimum absolute atomic E-state index is 0.104. The molecule has 1 N–H and O–H groups in total. The van der Waals surface area contributed by atoms with Gasteiger partial charge in [-0.15, -0.1) is 0 Å². The van der Waals surface area contributed by atoms with Crippen LogP contribution in [0.2, 0.25) is 0 Å². The summed E-state index contributed by atoms with van der Waals surface area (Å²) in [5.74, 6) is -1.26. The summed E-state index contributed by atoms with van der Waals surface area (Å²) in [5.41, 5.74) is 0.933. The lowest BCUT2D eigenvalue weighted by molar-refractivity contribution is 0.0696. The molecule has 0 amide bonds. The average Bonchev–Trinajstić information content (AvgIpc) is 2.38. The number of carboxylic acid groups (broad SMARTS) is 1. The first-order chi connectivity index (χ1) is 8.60. The van der Waals surface area contributed by atoms with Gasteiger partial charge < -0.3 is 9.84 Å². The van der Waals surface area contributed by atoms with Gasteiger partial charge in [-0.1, -0.05) is 0 Å². The van der Waals surface area contributed by atoms with E-state index in [0.717, 1.165) is 6.07 Å². The number of aromatic carboxylic acids is 1. The molecule has 0 unspecified atom stereocenters. The quantitative estimate of drug-likeness (QED) is 0.905. The Morgan fingerprint density at radius 2 is 2.00 bits per heavy atom. The smallest absolute Gasteiger partial charge is 0.335 e. The molecule has 18 heavy (non-hydrogen) atoms. The van der Waals surface area contributed by atoms with Crippen molar-refractivity contribution < 1.29 is 19.0 Å². The van der Waals surface area contributed by atoms with Crippen LogP contribution in [-0.2, 0) is 0 Å². The molecule has 0 saturated heterocycles. The normalized spacial score (nSPS) is 10.1. The second-order valence-corrected chi connectivity index (χ2v) is 3.65. The van der Waals surface area contributed by atoms with Crippen LogP contribution in [0.15, 0.2) is 36.7 Å². The van der Waals surface area contributed by atoms with Crippen LogP contribution in [0.1, 0.15) is 10.4 Å². The monoisotopic (exact) mass is 247 g/mol. The molecule has 2 rings (SSSR count). The van der Waals surface area contributed by atoms with E-state index >= 15 is 0 Å². The number of aromatic nitrogens is 1. The van der Waals surface area contributed by atoms with Gasteiger partial charge in [0.1, 0.15) is 11.6 Å². The molecule has 1 aromatic heterocycles. The molecule has 0 aliphatic carbocycles. The van der Waals surface area contributed by atoms with Crippen LogP contribution >= 0.6 is 0 Å². The fourth-order valence-electron chi connectivity index (χ4n) is 1.57. The SMILES string of the molecule is COc1cncc(-c2cc(F)cc(C(=O)O)c2)c1. The Balaban J connectivity index is 2.52. The molecule has 0 fully saturated rings. The van der Waals surface area contributed by atoms with Crippen molar-refractivity contribution in [2.24, 2.45) is 0 Å². The van der Waals surface area contributed by atoms with E-state index in [0.29, 0.717) is 16.9 Å². The van der Waals surface area contributed by atoms with E-state index in [4.69, 9.17) is 9.84 Å². The fraction of sp³-hybridized carbons (Fsp3) is 0.0769. The van der Waals surface area contributed by atoms with Crippen LogP contribution in [-0.4, -0.2) is 23.2 Å². The molecule has 0 radical (unpaired) electrons. The van der Waals surface area contributed by atoms with Crippen molar-refractivity contribution in [2.45, 2.75) is 0 Å². The summed E-state index contributed by atoms with van der Waals surface area (Å²) < 4.78 is 18.4. The zero-order chi connectivity index (χ0) is 13.1. The Labute approximate surface area is 103 Å². The number of pyridine rings is 1. The van der Waals surface area contributed by atoms with Gasteiger partial charge in [-0.3, -0.25) is 4.98 Å². The molecule has 92 valence electrons. The van der Waals surface area contributed by atoms with Crippen molar-refractivity contribution in [3.8, 4) is 16.9 Å². The number of hydrogen-bond donors (Lipinski definition) is 1. The molecule has 2 aromatic rings. The Bertz CT molecular complexity index is 599. The fourth-order valence-corrected chi connectivity index (χ4v) is 1.57. The summed E-state index contributed by atoms with van der Waals surface area (Å²) in [5, 5.41) is 8.87. The number of nitrogens with zero attached hydrogens (tertiary/aromatic N) is 1. The van der Waals surface area contributed by atoms with Crippen molar-refractivity contribution in [2.75, 3.05) is 7.11 Å². The maximum Gasteiger partial charge on any atom is 0.335 e. The summed E-state index contributed by atoms with van der Waals surface area (Å²) in [6.07, 6.45) is 3.03. The summed E-state index contributed by atoms with van der Waals surface area (Å²) in [6.45, 7) is 0. The molecule has 4 nitrogen and oxygen atoms in total. The topological polar surface area (TPSA) is 59.4 Å². The molecule has 0 aliphatic rings. The maximum atomic E-state index is 13.3. The summed E-state index contributed by atoms with van der Waals surface area (Å²) in [6, 6.07) is 5.28. The first kappa shape index (κ1) is 12.0. The number of methoxy groups -OCH3 is 1. The van der Waals surface area contributed by atoms with Crippen LogP contribution in [0.5, 0.6) is 5.75 Å². The van der Waals surface area contributed by atoms with E-state index in [9.17, 15) is 9.18 Å². The van der Waals surface area contributed by atoms with E-state index in [1.165, 1.54) is 31.6 Å². The average molecular weight is 247 g/mol. The lowest BCUT2D eigenvalue weighted by atomic mass is 10.0. The molecule has 5 heteroatoms. The Kier molecular flexibility index (Phi) is 3.23. The van der Waals surface area contributed by atoms with E-state index in [1.54, 1.807) is 6.07 Å². The highest BCUT2D eigenvalue weighted by Crippen LogP contribution is 2.24. The number of carbonyl (C=O) groups is 1. The first-order valence-electron chi connectivity index (χ1n) is 5.13. The predicted molar refractivity (Wildman–Crippen MR) is 63.1 cm³/mol. The number of benzene rings is 1. The molecular formula is C13H10FNO3. The highest BCUT2D eigenvalue weighted by molar-refractivity contribution is 5.89. The van der Waals surface area contributed by atoms with Gasteiger partial charge in [-0.05, 0) is 29.8 Å². The van der Waals surface area contributed by atoms with E-state index < -0.39 is 11.8 Å². The highest BCUT2D eigenvalue weighted by Gasteiger charge is 2.09. The van der Waals surface area contributed by atoms with Gasteiger partial charge in [0.25, 0.3) is 0 Å². The van der Waals surface area contributed by atoms with Crippen LogP contribution in [0.4, 0.5) is 4.39 Å². The molecule has 1 aromatic carbocycles. The predicted octanol–water partition coefficient (Wildman–Crippen LogP) is 2.59. The molecule has 0 aliphatic heterocycles. The Morgan fingerprint density at radius 1 is 1.22 bits per heavy atom. The largest absolute Gasteiger partial charge is 0.495 e. The third-order valence-electron chi connectivity index (χ3n) is 2.43. The molecule has 0 saturated carbocycles. The van der Waals surface area contributed by atoms with Crippen molar-refractivity contribution in [1.82, 2.24) is 4.98 Å². The van der Waals surface area contributed by atoms with Crippen LogP contribution in [0.3, 0.4) is 0 Å². The lowest BCUT2D eigenvalue weighted by Crippen LogP contribution is -1.98. The highest BCUT2D eigenvalue weighted by atomic mass is 19.1. The second-order valence-electron chi connectivity index (χ2n) is 3.65. The van der Waals surface area contributed by atoms with Crippen LogP contribution in [0, 0.1) is 5.82 Å². The summed E-state index contributed by atoms with van der Waals surface area (Å²) >= 11 is 0. The lowest BCUT2D eigenvalue weighted by Gasteiger charge is -2.05. The minimum Gasteiger partial charge on any atom is -0.495 e. The van der Waals surface area contributed by atoms with E-state index in [2.05, 4.69) is 4.98 Å². The van der Waals surface area contributed by atoms with Crippen LogP contribution in [0.25, 0.3) is 11.1 Å². The Morgan fingerprint density at radius 3 is 2.67 bits per heavy atom. The molecule has 0 bridgehead atoms. The summed E-state index contributed by atoms with van der Waals surface area (Å²) in [4.78, 5) is 14.8. The van der Waals surface area contributed by atoms with Gasteiger partial charge in [0.15, 0.2) is 0 Å². The maximum absolute atomic E-state index is 13.3. The van der Waals surface area contributed by atoms with Gasteiger partial charge >= 0.3 is 5.97 Å². The van der Waals surface area contributed by atoms with Gasteiger partial charge in [0.2, 0.25) is 0 Å². The third kappa shape index (κ3) is 2.45.